The molecule has 0 aliphatic carbocycles. The number of ether oxygens (including phenoxy) is 1. The van der Waals surface area contributed by atoms with Crippen LogP contribution in [0.2, 0.25) is 0 Å². The van der Waals surface area contributed by atoms with Crippen LogP contribution >= 0.6 is 23.2 Å². The lowest BCUT2D eigenvalue weighted by Crippen LogP contribution is -2.15. The van der Waals surface area contributed by atoms with E-state index in [1.165, 1.54) is 0 Å². The summed E-state index contributed by atoms with van der Waals surface area (Å²) in [5.74, 6) is 0.913. The second-order valence-electron chi connectivity index (χ2n) is 3.04. The third kappa shape index (κ3) is 3.40. The first-order valence-electron chi connectivity index (χ1n) is 4.57. The maximum atomic E-state index is 11.8. The number of methoxy groups -OCH3 is 1. The number of Topliss-reactive ketones (excluding diaryl/α,β-unsaturated/α-hetero) is 1. The number of ketones is 1. The molecule has 15 heavy (non-hydrogen) atoms. The van der Waals surface area contributed by atoms with Crippen LogP contribution in [-0.2, 0) is 0 Å². The van der Waals surface area contributed by atoms with Crippen LogP contribution in [0.1, 0.15) is 16.8 Å². The minimum absolute atomic E-state index is 0.115. The van der Waals surface area contributed by atoms with Crippen LogP contribution < -0.4 is 4.74 Å². The van der Waals surface area contributed by atoms with Crippen LogP contribution in [0.15, 0.2) is 24.3 Å². The lowest BCUT2D eigenvalue weighted by molar-refractivity contribution is 0.0985. The Hall–Kier alpha value is -0.730. The number of carbonyl (C=O) groups excluding carboxylic acids is 1. The molecule has 0 fully saturated rings. The fraction of sp³-hybridized carbons (Fsp3) is 0.364. The average Bonchev–Trinajstić information content (AvgIpc) is 2.28. The molecule has 0 amide bonds. The van der Waals surface area contributed by atoms with E-state index in [4.69, 9.17) is 27.9 Å². The van der Waals surface area contributed by atoms with Gasteiger partial charge >= 0.3 is 0 Å². The number of hydrogen-bond acceptors (Lipinski definition) is 2. The van der Waals surface area contributed by atoms with E-state index in [9.17, 15) is 4.79 Å². The Labute approximate surface area is 99.1 Å². The van der Waals surface area contributed by atoms with E-state index < -0.39 is 5.38 Å². The largest absolute Gasteiger partial charge is 0.497 e. The molecule has 0 heterocycles. The number of halogens is 2. The molecule has 0 aromatic heterocycles. The molecule has 0 spiro atoms. The Bertz CT molecular complexity index is 339. The fourth-order valence-corrected chi connectivity index (χ4v) is 1.75. The maximum Gasteiger partial charge on any atom is 0.180 e. The van der Waals surface area contributed by atoms with Crippen molar-refractivity contribution in [3.8, 4) is 5.75 Å². The van der Waals surface area contributed by atoms with Gasteiger partial charge in [-0.25, -0.2) is 0 Å². The number of alkyl halides is 2. The second-order valence-corrected chi connectivity index (χ2v) is 3.95. The van der Waals surface area contributed by atoms with Crippen LogP contribution in [0.25, 0.3) is 0 Å². The van der Waals surface area contributed by atoms with E-state index in [1.807, 2.05) is 0 Å². The summed E-state index contributed by atoms with van der Waals surface area (Å²) in [6.07, 6.45) is 0.471. The summed E-state index contributed by atoms with van der Waals surface area (Å²) in [7, 11) is 1.56. The van der Waals surface area contributed by atoms with Gasteiger partial charge in [0.05, 0.1) is 12.5 Å². The number of carbonyl (C=O) groups is 1. The fourth-order valence-electron chi connectivity index (χ4n) is 1.18. The summed E-state index contributed by atoms with van der Waals surface area (Å²) in [4.78, 5) is 11.8. The van der Waals surface area contributed by atoms with Crippen molar-refractivity contribution in [2.45, 2.75) is 11.8 Å². The van der Waals surface area contributed by atoms with Crippen molar-refractivity contribution in [3.05, 3.63) is 29.8 Å². The Morgan fingerprint density at radius 3 is 2.87 bits per heavy atom. The van der Waals surface area contributed by atoms with Gasteiger partial charge in [-0.2, -0.15) is 0 Å². The van der Waals surface area contributed by atoms with Crippen LogP contribution in [-0.4, -0.2) is 24.2 Å². The molecule has 82 valence electrons. The van der Waals surface area contributed by atoms with Gasteiger partial charge in [0.1, 0.15) is 5.75 Å². The Balaban J connectivity index is 2.81. The molecule has 1 aromatic carbocycles. The molecule has 0 aliphatic rings. The van der Waals surface area contributed by atoms with Crippen molar-refractivity contribution in [3.63, 3.8) is 0 Å². The van der Waals surface area contributed by atoms with E-state index >= 15 is 0 Å². The third-order valence-corrected chi connectivity index (χ3v) is 2.64. The van der Waals surface area contributed by atoms with Gasteiger partial charge in [0, 0.05) is 11.4 Å². The van der Waals surface area contributed by atoms with E-state index in [1.54, 1.807) is 31.4 Å². The zero-order chi connectivity index (χ0) is 11.3. The summed E-state index contributed by atoms with van der Waals surface area (Å²) in [5, 5.41) is -0.561. The van der Waals surface area contributed by atoms with E-state index in [0.717, 1.165) is 0 Å². The summed E-state index contributed by atoms with van der Waals surface area (Å²) in [6.45, 7) is 0. The predicted molar refractivity (Wildman–Crippen MR) is 62.3 cm³/mol. The van der Waals surface area contributed by atoms with Crippen molar-refractivity contribution >= 4 is 29.0 Å². The molecule has 2 nitrogen and oxygen atoms in total. The molecular formula is C11H12Cl2O2. The normalized spacial score (nSPS) is 12.2. The Kier molecular flexibility index (Phi) is 4.92. The van der Waals surface area contributed by atoms with Gasteiger partial charge in [0.25, 0.3) is 0 Å². The monoisotopic (exact) mass is 246 g/mol. The lowest BCUT2D eigenvalue weighted by Gasteiger charge is -2.07. The van der Waals surface area contributed by atoms with Crippen molar-refractivity contribution in [1.29, 1.82) is 0 Å². The molecule has 0 aliphatic heterocycles. The highest BCUT2D eigenvalue weighted by Crippen LogP contribution is 2.17. The van der Waals surface area contributed by atoms with Crippen molar-refractivity contribution < 1.29 is 9.53 Å². The average molecular weight is 247 g/mol. The quantitative estimate of drug-likeness (QED) is 0.590. The Morgan fingerprint density at radius 2 is 2.27 bits per heavy atom. The topological polar surface area (TPSA) is 26.3 Å². The van der Waals surface area contributed by atoms with Gasteiger partial charge in [0.2, 0.25) is 0 Å². The summed E-state index contributed by atoms with van der Waals surface area (Å²) in [6, 6.07) is 6.93. The van der Waals surface area contributed by atoms with Crippen molar-refractivity contribution in [2.75, 3.05) is 13.0 Å². The predicted octanol–water partition coefficient (Wildman–Crippen LogP) is 3.11. The molecule has 1 rings (SSSR count). The van der Waals surface area contributed by atoms with Crippen molar-refractivity contribution in [2.24, 2.45) is 0 Å². The summed E-state index contributed by atoms with van der Waals surface area (Å²) < 4.78 is 5.02. The smallest absolute Gasteiger partial charge is 0.180 e. The van der Waals surface area contributed by atoms with E-state index in [-0.39, 0.29) is 5.78 Å². The van der Waals surface area contributed by atoms with Gasteiger partial charge in [-0.05, 0) is 18.6 Å². The number of hydrogen-bond donors (Lipinski definition) is 0. The molecule has 1 unspecified atom stereocenters. The van der Waals surface area contributed by atoms with Gasteiger partial charge < -0.3 is 4.74 Å². The minimum Gasteiger partial charge on any atom is -0.497 e. The SMILES string of the molecule is COc1cccc(C(=O)C(Cl)CCCl)c1. The highest BCUT2D eigenvalue weighted by molar-refractivity contribution is 6.34. The molecule has 1 aromatic rings. The third-order valence-electron chi connectivity index (χ3n) is 2.00. The van der Waals surface area contributed by atoms with Gasteiger partial charge in [-0.1, -0.05) is 12.1 Å². The zero-order valence-electron chi connectivity index (χ0n) is 8.37. The highest BCUT2D eigenvalue weighted by Gasteiger charge is 2.16. The van der Waals surface area contributed by atoms with Crippen molar-refractivity contribution in [1.82, 2.24) is 0 Å². The Morgan fingerprint density at radius 1 is 1.53 bits per heavy atom. The molecule has 1 atom stereocenters. The van der Waals surface area contributed by atoms with E-state index in [2.05, 4.69) is 0 Å². The van der Waals surface area contributed by atoms with Crippen LogP contribution in [0, 0.1) is 0 Å². The maximum absolute atomic E-state index is 11.8. The van der Waals surface area contributed by atoms with Crippen LogP contribution in [0.5, 0.6) is 5.75 Å². The minimum atomic E-state index is -0.561. The first kappa shape index (κ1) is 12.3. The first-order chi connectivity index (χ1) is 7.19. The van der Waals surface area contributed by atoms with E-state index in [0.29, 0.717) is 23.6 Å². The molecule has 0 bridgehead atoms. The van der Waals surface area contributed by atoms with Crippen LogP contribution in [0.3, 0.4) is 0 Å². The molecule has 4 heteroatoms. The van der Waals surface area contributed by atoms with Gasteiger partial charge in [-0.3, -0.25) is 4.79 Å². The van der Waals surface area contributed by atoms with Crippen LogP contribution in [0.4, 0.5) is 0 Å². The number of benzene rings is 1. The standard InChI is InChI=1S/C11H12Cl2O2/c1-15-9-4-2-3-8(7-9)11(14)10(13)5-6-12/h2-4,7,10H,5-6H2,1H3. The molecule has 0 radical (unpaired) electrons. The molecular weight excluding hydrogens is 235 g/mol. The first-order valence-corrected chi connectivity index (χ1v) is 5.54. The molecule has 0 N–H and O–H groups in total. The highest BCUT2D eigenvalue weighted by atomic mass is 35.5. The zero-order valence-corrected chi connectivity index (χ0v) is 9.89. The molecule has 0 saturated heterocycles. The second kappa shape index (κ2) is 5.99. The van der Waals surface area contributed by atoms with Gasteiger partial charge in [-0.15, -0.1) is 23.2 Å². The van der Waals surface area contributed by atoms with Gasteiger partial charge in [0.15, 0.2) is 5.78 Å². The summed E-state index contributed by atoms with van der Waals surface area (Å²) >= 11 is 11.4. The lowest BCUT2D eigenvalue weighted by atomic mass is 10.1. The summed E-state index contributed by atoms with van der Waals surface area (Å²) in [5.41, 5.74) is 0.555. The number of rotatable bonds is 5. The molecule has 0 saturated carbocycles.